The summed E-state index contributed by atoms with van der Waals surface area (Å²) >= 11 is 0. The van der Waals surface area contributed by atoms with Gasteiger partial charge in [-0.2, -0.15) is 5.10 Å². The number of nitrogens with one attached hydrogen (secondary N) is 1. The summed E-state index contributed by atoms with van der Waals surface area (Å²) in [4.78, 5) is 15.0. The lowest BCUT2D eigenvalue weighted by Crippen LogP contribution is -2.41. The third-order valence-corrected chi connectivity index (χ3v) is 5.74. The molecular formula is C23H28N4O. The Morgan fingerprint density at radius 2 is 1.82 bits per heavy atom. The maximum Gasteiger partial charge on any atom is 0.251 e. The van der Waals surface area contributed by atoms with Crippen LogP contribution in [-0.2, 0) is 0 Å². The number of carbonyl (C=O) groups excluding carboxylic acids is 1. The summed E-state index contributed by atoms with van der Waals surface area (Å²) < 4.78 is 1.86. The molecule has 1 fully saturated rings. The maximum absolute atomic E-state index is 12.5. The van der Waals surface area contributed by atoms with Gasteiger partial charge in [0.15, 0.2) is 0 Å². The number of benzene rings is 2. The molecule has 5 nitrogen and oxygen atoms in total. The minimum atomic E-state index is 0.00321. The number of fused-ring (bicyclic) bond motifs is 1. The average Bonchev–Trinajstić information content (AvgIpc) is 3.16. The van der Waals surface area contributed by atoms with Crippen LogP contribution in [0.25, 0.3) is 16.6 Å². The average molecular weight is 377 g/mol. The fourth-order valence-corrected chi connectivity index (χ4v) is 3.87. The van der Waals surface area contributed by atoms with Crippen molar-refractivity contribution in [2.75, 3.05) is 19.6 Å². The van der Waals surface area contributed by atoms with Gasteiger partial charge in [-0.25, -0.2) is 4.68 Å². The molecule has 1 aliphatic heterocycles. The molecule has 0 bridgehead atoms. The van der Waals surface area contributed by atoms with Crippen molar-refractivity contribution in [1.82, 2.24) is 20.0 Å². The van der Waals surface area contributed by atoms with Crippen LogP contribution in [0.15, 0.2) is 54.7 Å². The van der Waals surface area contributed by atoms with Crippen molar-refractivity contribution in [2.45, 2.75) is 32.7 Å². The molecule has 1 amide bonds. The molecule has 146 valence electrons. The van der Waals surface area contributed by atoms with Crippen molar-refractivity contribution in [2.24, 2.45) is 5.92 Å². The van der Waals surface area contributed by atoms with Crippen molar-refractivity contribution in [3.05, 3.63) is 60.3 Å². The highest BCUT2D eigenvalue weighted by Crippen LogP contribution is 2.19. The summed E-state index contributed by atoms with van der Waals surface area (Å²) in [7, 11) is 0. The molecule has 3 aromatic rings. The van der Waals surface area contributed by atoms with Crippen LogP contribution in [-0.4, -0.2) is 46.3 Å². The zero-order valence-corrected chi connectivity index (χ0v) is 16.6. The number of hydrogen-bond donors (Lipinski definition) is 1. The second-order valence-electron chi connectivity index (χ2n) is 7.96. The quantitative estimate of drug-likeness (QED) is 0.735. The first-order valence-electron chi connectivity index (χ1n) is 10.2. The Morgan fingerprint density at radius 3 is 2.50 bits per heavy atom. The van der Waals surface area contributed by atoms with Gasteiger partial charge in [0.2, 0.25) is 0 Å². The molecular weight excluding hydrogens is 348 g/mol. The third kappa shape index (κ3) is 4.09. The molecule has 2 heterocycles. The molecule has 5 heteroatoms. The molecule has 0 atom stereocenters. The highest BCUT2D eigenvalue weighted by atomic mass is 16.1. The van der Waals surface area contributed by atoms with Gasteiger partial charge in [-0.1, -0.05) is 18.2 Å². The molecule has 0 spiro atoms. The lowest BCUT2D eigenvalue weighted by molar-refractivity contribution is 0.0929. The second kappa shape index (κ2) is 8.15. The van der Waals surface area contributed by atoms with Crippen LogP contribution in [0, 0.1) is 5.92 Å². The fourth-order valence-electron chi connectivity index (χ4n) is 3.87. The predicted molar refractivity (Wildman–Crippen MR) is 113 cm³/mol. The van der Waals surface area contributed by atoms with Gasteiger partial charge in [0.05, 0.1) is 11.2 Å². The van der Waals surface area contributed by atoms with Gasteiger partial charge in [-0.05, 0) is 76.0 Å². The van der Waals surface area contributed by atoms with Gasteiger partial charge >= 0.3 is 0 Å². The van der Waals surface area contributed by atoms with Crippen LogP contribution in [0.2, 0.25) is 0 Å². The zero-order valence-electron chi connectivity index (χ0n) is 16.6. The molecule has 28 heavy (non-hydrogen) atoms. The first kappa shape index (κ1) is 18.7. The Labute approximate surface area is 166 Å². The van der Waals surface area contributed by atoms with Crippen LogP contribution in [0.3, 0.4) is 0 Å². The lowest BCUT2D eigenvalue weighted by Gasteiger charge is -2.34. The van der Waals surface area contributed by atoms with Crippen LogP contribution >= 0.6 is 0 Å². The number of hydrogen-bond acceptors (Lipinski definition) is 3. The van der Waals surface area contributed by atoms with Crippen LogP contribution in [0.1, 0.15) is 37.0 Å². The van der Waals surface area contributed by atoms with Crippen molar-refractivity contribution in [1.29, 1.82) is 0 Å². The topological polar surface area (TPSA) is 50.2 Å². The van der Waals surface area contributed by atoms with Gasteiger partial charge in [0.1, 0.15) is 0 Å². The van der Waals surface area contributed by atoms with Crippen molar-refractivity contribution >= 4 is 16.8 Å². The minimum absolute atomic E-state index is 0.00321. The maximum atomic E-state index is 12.5. The van der Waals surface area contributed by atoms with Crippen molar-refractivity contribution < 1.29 is 4.79 Å². The number of rotatable bonds is 5. The van der Waals surface area contributed by atoms with E-state index < -0.39 is 0 Å². The van der Waals surface area contributed by atoms with E-state index in [-0.39, 0.29) is 5.91 Å². The largest absolute Gasteiger partial charge is 0.352 e. The smallest absolute Gasteiger partial charge is 0.251 e. The Bertz CT molecular complexity index is 904. The summed E-state index contributed by atoms with van der Waals surface area (Å²) in [6.07, 6.45) is 4.32. The Morgan fingerprint density at radius 1 is 1.11 bits per heavy atom. The summed E-state index contributed by atoms with van der Waals surface area (Å²) in [5.41, 5.74) is 2.61. The lowest BCUT2D eigenvalue weighted by atomic mass is 9.96. The molecule has 1 N–H and O–H groups in total. The molecule has 1 saturated heterocycles. The first-order chi connectivity index (χ1) is 13.6. The van der Waals surface area contributed by atoms with Crippen LogP contribution in [0.5, 0.6) is 0 Å². The Balaban J connectivity index is 1.34. The highest BCUT2D eigenvalue weighted by molar-refractivity contribution is 5.94. The Hall–Kier alpha value is -2.66. The van der Waals surface area contributed by atoms with E-state index in [2.05, 4.69) is 29.2 Å². The van der Waals surface area contributed by atoms with Gasteiger partial charge < -0.3 is 10.2 Å². The summed E-state index contributed by atoms with van der Waals surface area (Å²) in [6, 6.07) is 16.3. The number of likely N-dealkylation sites (tertiary alicyclic amines) is 1. The second-order valence-corrected chi connectivity index (χ2v) is 7.96. The molecule has 0 saturated carbocycles. The van der Waals surface area contributed by atoms with E-state index in [4.69, 9.17) is 0 Å². The summed E-state index contributed by atoms with van der Waals surface area (Å²) in [5.74, 6) is 0.582. The monoisotopic (exact) mass is 376 g/mol. The van der Waals surface area contributed by atoms with E-state index >= 15 is 0 Å². The number of nitrogens with zero attached hydrogens (tertiary/aromatic N) is 3. The standard InChI is InChI=1S/C23H28N4O/c1-17(2)26-13-11-18(12-14-26)15-24-23(28)19-7-9-21(10-8-19)27-16-20-5-3-4-6-22(20)25-27/h3-10,16-18H,11-15H2,1-2H3,(H,24,28). The molecule has 0 aliphatic carbocycles. The van der Waals surface area contributed by atoms with Gasteiger partial charge in [-0.15, -0.1) is 0 Å². The first-order valence-corrected chi connectivity index (χ1v) is 10.2. The number of aromatic nitrogens is 2. The molecule has 2 aromatic carbocycles. The molecule has 4 rings (SSSR count). The number of carbonyl (C=O) groups is 1. The van der Waals surface area contributed by atoms with E-state index in [9.17, 15) is 4.79 Å². The summed E-state index contributed by atoms with van der Waals surface area (Å²) in [5, 5.41) is 8.80. The molecule has 0 unspecified atom stereocenters. The zero-order chi connectivity index (χ0) is 19.5. The van der Waals surface area contributed by atoms with E-state index in [0.717, 1.165) is 49.1 Å². The normalized spacial score (nSPS) is 16.0. The van der Waals surface area contributed by atoms with E-state index in [1.54, 1.807) is 0 Å². The SMILES string of the molecule is CC(C)N1CCC(CNC(=O)c2ccc(-n3cc4ccccc4n3)cc2)CC1. The number of amides is 1. The molecule has 0 radical (unpaired) electrons. The Kier molecular flexibility index (Phi) is 5.44. The number of piperidine rings is 1. The summed E-state index contributed by atoms with van der Waals surface area (Å²) in [6.45, 7) is 7.52. The van der Waals surface area contributed by atoms with Crippen LogP contribution in [0.4, 0.5) is 0 Å². The van der Waals surface area contributed by atoms with Crippen molar-refractivity contribution in [3.63, 3.8) is 0 Å². The third-order valence-electron chi connectivity index (χ3n) is 5.74. The van der Waals surface area contributed by atoms with Crippen molar-refractivity contribution in [3.8, 4) is 5.69 Å². The minimum Gasteiger partial charge on any atom is -0.352 e. The van der Waals surface area contributed by atoms with Gasteiger partial charge in [-0.3, -0.25) is 4.79 Å². The molecule has 1 aliphatic rings. The predicted octanol–water partition coefficient (Wildman–Crippen LogP) is 3.88. The van der Waals surface area contributed by atoms with Crippen LogP contribution < -0.4 is 5.32 Å². The van der Waals surface area contributed by atoms with E-state index in [0.29, 0.717) is 17.5 Å². The van der Waals surface area contributed by atoms with Gasteiger partial charge in [0.25, 0.3) is 5.91 Å². The molecule has 1 aromatic heterocycles. The van der Waals surface area contributed by atoms with E-state index in [1.165, 1.54) is 0 Å². The van der Waals surface area contributed by atoms with E-state index in [1.807, 2.05) is 59.4 Å². The highest BCUT2D eigenvalue weighted by Gasteiger charge is 2.21. The van der Waals surface area contributed by atoms with Gasteiger partial charge in [0, 0.05) is 29.7 Å². The fraction of sp³-hybridized carbons (Fsp3) is 0.391.